The molecule has 0 atom stereocenters. The van der Waals surface area contributed by atoms with Crippen molar-refractivity contribution in [2.24, 2.45) is 5.41 Å². The van der Waals surface area contributed by atoms with E-state index in [-0.39, 0.29) is 5.91 Å². The van der Waals surface area contributed by atoms with Crippen LogP contribution in [0.4, 0.5) is 0 Å². The first kappa shape index (κ1) is 9.86. The van der Waals surface area contributed by atoms with Crippen molar-refractivity contribution in [3.05, 3.63) is 21.9 Å². The van der Waals surface area contributed by atoms with E-state index in [1.807, 2.05) is 4.90 Å². The Morgan fingerprint density at radius 1 is 1.56 bits per heavy atom. The maximum Gasteiger partial charge on any atom is 0.243 e. The number of fused-ring (bicyclic) bond motifs is 1. The summed E-state index contributed by atoms with van der Waals surface area (Å²) in [6.07, 6.45) is 2.44. The number of carbonyl (C=O) groups is 1. The predicted molar refractivity (Wildman–Crippen MR) is 60.7 cm³/mol. The molecular weight excluding hydrogens is 220 g/mol. The van der Waals surface area contributed by atoms with Gasteiger partial charge in [0.25, 0.3) is 0 Å². The van der Waals surface area contributed by atoms with Gasteiger partial charge >= 0.3 is 0 Å². The van der Waals surface area contributed by atoms with E-state index in [1.54, 1.807) is 11.3 Å². The second kappa shape index (κ2) is 3.33. The van der Waals surface area contributed by atoms with Gasteiger partial charge in [0, 0.05) is 18.0 Å². The summed E-state index contributed by atoms with van der Waals surface area (Å²) in [4.78, 5) is 15.4. The van der Waals surface area contributed by atoms with Crippen LogP contribution in [0.5, 0.6) is 0 Å². The molecule has 3 rings (SSSR count). The maximum atomic E-state index is 12.2. The van der Waals surface area contributed by atoms with E-state index in [1.165, 1.54) is 10.4 Å². The lowest BCUT2D eigenvalue weighted by atomic mass is 10.0. The van der Waals surface area contributed by atoms with E-state index in [2.05, 4.69) is 17.5 Å². The Kier molecular flexibility index (Phi) is 2.05. The molecule has 0 aromatic carbocycles. The molecule has 1 aliphatic carbocycles. The third kappa shape index (κ3) is 1.35. The van der Waals surface area contributed by atoms with Crippen molar-refractivity contribution in [2.45, 2.75) is 25.8 Å². The first-order valence-corrected chi connectivity index (χ1v) is 6.39. The lowest BCUT2D eigenvalue weighted by Gasteiger charge is -2.28. The Bertz CT molecular complexity index is 481. The summed E-state index contributed by atoms with van der Waals surface area (Å²) in [5.41, 5.74) is 0.603. The van der Waals surface area contributed by atoms with E-state index in [9.17, 15) is 4.79 Å². The van der Waals surface area contributed by atoms with Crippen LogP contribution >= 0.6 is 11.3 Å². The van der Waals surface area contributed by atoms with Crippen molar-refractivity contribution >= 4 is 17.2 Å². The average molecular weight is 232 g/mol. The van der Waals surface area contributed by atoms with E-state index in [0.717, 1.165) is 25.8 Å². The number of hydrogen-bond donors (Lipinski definition) is 0. The number of nitrogens with zero attached hydrogens (tertiary/aromatic N) is 2. The van der Waals surface area contributed by atoms with Crippen molar-refractivity contribution in [1.29, 1.82) is 5.26 Å². The lowest BCUT2D eigenvalue weighted by molar-refractivity contribution is -0.135. The van der Waals surface area contributed by atoms with Gasteiger partial charge in [-0.1, -0.05) is 0 Å². The quantitative estimate of drug-likeness (QED) is 0.742. The average Bonchev–Trinajstić information content (AvgIpc) is 2.98. The van der Waals surface area contributed by atoms with Gasteiger partial charge in [-0.05, 0) is 36.3 Å². The molecule has 1 aromatic heterocycles. The standard InChI is InChI=1S/C12H12N2OS/c13-8-12(3-4-12)11(15)14-5-1-10-9(7-14)2-6-16-10/h2,6H,1,3-5,7H2. The van der Waals surface area contributed by atoms with Crippen molar-refractivity contribution in [2.75, 3.05) is 6.54 Å². The Labute approximate surface area is 98.3 Å². The van der Waals surface area contributed by atoms with Crippen molar-refractivity contribution in [1.82, 2.24) is 4.90 Å². The summed E-state index contributed by atoms with van der Waals surface area (Å²) in [7, 11) is 0. The van der Waals surface area contributed by atoms with E-state index >= 15 is 0 Å². The Hall–Kier alpha value is -1.34. The Morgan fingerprint density at radius 2 is 2.38 bits per heavy atom. The number of nitriles is 1. The molecular formula is C12H12N2OS. The molecule has 0 N–H and O–H groups in total. The monoisotopic (exact) mass is 232 g/mol. The van der Waals surface area contributed by atoms with Gasteiger partial charge in [-0.2, -0.15) is 5.26 Å². The van der Waals surface area contributed by atoms with Gasteiger partial charge in [-0.15, -0.1) is 11.3 Å². The third-order valence-corrected chi connectivity index (χ3v) is 4.49. The number of thiophene rings is 1. The minimum absolute atomic E-state index is 0.0480. The number of amides is 1. The van der Waals surface area contributed by atoms with E-state index in [0.29, 0.717) is 6.54 Å². The molecule has 0 radical (unpaired) electrons. The smallest absolute Gasteiger partial charge is 0.243 e. The molecule has 1 fully saturated rings. The largest absolute Gasteiger partial charge is 0.337 e. The fourth-order valence-electron chi connectivity index (χ4n) is 2.22. The third-order valence-electron chi connectivity index (χ3n) is 3.47. The van der Waals surface area contributed by atoms with E-state index < -0.39 is 5.41 Å². The van der Waals surface area contributed by atoms with Gasteiger partial charge in [0.2, 0.25) is 5.91 Å². The molecule has 16 heavy (non-hydrogen) atoms. The molecule has 0 unspecified atom stereocenters. The lowest BCUT2D eigenvalue weighted by Crippen LogP contribution is -2.39. The first-order valence-electron chi connectivity index (χ1n) is 5.51. The van der Waals surface area contributed by atoms with Crippen molar-refractivity contribution in [3.8, 4) is 6.07 Å². The Morgan fingerprint density at radius 3 is 3.06 bits per heavy atom. The van der Waals surface area contributed by atoms with Crippen LogP contribution in [0.3, 0.4) is 0 Å². The highest BCUT2D eigenvalue weighted by Crippen LogP contribution is 2.47. The zero-order valence-electron chi connectivity index (χ0n) is 8.90. The molecule has 1 aliphatic heterocycles. The van der Waals surface area contributed by atoms with Gasteiger partial charge < -0.3 is 4.90 Å². The fourth-order valence-corrected chi connectivity index (χ4v) is 3.11. The summed E-state index contributed by atoms with van der Waals surface area (Å²) < 4.78 is 0. The molecule has 3 nitrogen and oxygen atoms in total. The summed E-state index contributed by atoms with van der Waals surface area (Å²) in [6.45, 7) is 1.47. The molecule has 2 heterocycles. The highest BCUT2D eigenvalue weighted by Gasteiger charge is 2.52. The van der Waals surface area contributed by atoms with Crippen molar-refractivity contribution < 1.29 is 4.79 Å². The highest BCUT2D eigenvalue weighted by molar-refractivity contribution is 7.10. The minimum Gasteiger partial charge on any atom is -0.337 e. The molecule has 1 aromatic rings. The second-order valence-corrected chi connectivity index (χ2v) is 5.54. The molecule has 0 saturated heterocycles. The predicted octanol–water partition coefficient (Wildman–Crippen LogP) is 1.94. The molecule has 4 heteroatoms. The second-order valence-electron chi connectivity index (χ2n) is 4.54. The normalized spacial score (nSPS) is 21.1. The van der Waals surface area contributed by atoms with Crippen LogP contribution in [0, 0.1) is 16.7 Å². The minimum atomic E-state index is -0.659. The van der Waals surface area contributed by atoms with Gasteiger partial charge in [0.15, 0.2) is 0 Å². The van der Waals surface area contributed by atoms with Gasteiger partial charge in [-0.3, -0.25) is 4.79 Å². The van der Waals surface area contributed by atoms with Crippen LogP contribution in [0.25, 0.3) is 0 Å². The number of rotatable bonds is 1. The van der Waals surface area contributed by atoms with Gasteiger partial charge in [0.05, 0.1) is 6.07 Å². The Balaban J connectivity index is 1.80. The van der Waals surface area contributed by atoms with Crippen LogP contribution in [-0.4, -0.2) is 17.4 Å². The maximum absolute atomic E-state index is 12.2. The molecule has 1 amide bonds. The SMILES string of the molecule is N#CC1(C(=O)N2CCc3sccc3C2)CC1. The summed E-state index contributed by atoms with van der Waals surface area (Å²) >= 11 is 1.77. The van der Waals surface area contributed by atoms with Crippen molar-refractivity contribution in [3.63, 3.8) is 0 Å². The van der Waals surface area contributed by atoms with Crippen LogP contribution in [0.1, 0.15) is 23.3 Å². The zero-order chi connectivity index (χ0) is 11.2. The van der Waals surface area contributed by atoms with Crippen LogP contribution in [-0.2, 0) is 17.8 Å². The van der Waals surface area contributed by atoms with E-state index in [4.69, 9.17) is 5.26 Å². The van der Waals surface area contributed by atoms with Crippen LogP contribution < -0.4 is 0 Å². The summed E-state index contributed by atoms with van der Waals surface area (Å²) in [5.74, 6) is 0.0480. The van der Waals surface area contributed by atoms with Gasteiger partial charge in [-0.25, -0.2) is 0 Å². The molecule has 0 spiro atoms. The topological polar surface area (TPSA) is 44.1 Å². The summed E-state index contributed by atoms with van der Waals surface area (Å²) in [6, 6.07) is 4.27. The molecule has 0 bridgehead atoms. The number of hydrogen-bond acceptors (Lipinski definition) is 3. The highest BCUT2D eigenvalue weighted by atomic mass is 32.1. The van der Waals surface area contributed by atoms with Crippen LogP contribution in [0.15, 0.2) is 11.4 Å². The summed E-state index contributed by atoms with van der Waals surface area (Å²) in [5, 5.41) is 11.1. The molecule has 2 aliphatic rings. The van der Waals surface area contributed by atoms with Gasteiger partial charge in [0.1, 0.15) is 5.41 Å². The first-order chi connectivity index (χ1) is 7.75. The zero-order valence-corrected chi connectivity index (χ0v) is 9.72. The fraction of sp³-hybridized carbons (Fsp3) is 0.500. The molecule has 82 valence electrons. The number of carbonyl (C=O) groups excluding carboxylic acids is 1. The van der Waals surface area contributed by atoms with Crippen LogP contribution in [0.2, 0.25) is 0 Å². The molecule has 1 saturated carbocycles.